The van der Waals surface area contributed by atoms with E-state index in [0.29, 0.717) is 0 Å². The summed E-state index contributed by atoms with van der Waals surface area (Å²) in [4.78, 5) is 5.84. The zero-order chi connectivity index (χ0) is 14.5. The molecule has 0 spiro atoms. The van der Waals surface area contributed by atoms with Crippen LogP contribution in [0.15, 0.2) is 40.6 Å². The highest BCUT2D eigenvalue weighted by molar-refractivity contribution is 5.28. The first kappa shape index (κ1) is 14.9. The lowest BCUT2D eigenvalue weighted by Gasteiger charge is -2.39. The van der Waals surface area contributed by atoms with Gasteiger partial charge in [0, 0.05) is 15.7 Å². The maximum absolute atomic E-state index is 8.75. The lowest BCUT2D eigenvalue weighted by molar-refractivity contribution is 0.288. The van der Waals surface area contributed by atoms with E-state index in [1.807, 2.05) is 58.0 Å². The van der Waals surface area contributed by atoms with Gasteiger partial charge in [0.05, 0.1) is 11.1 Å². The quantitative estimate of drug-likeness (QED) is 0.405. The minimum atomic E-state index is -0.701. The average Bonchev–Trinajstić information content (AvgIpc) is 2.29. The number of benzene rings is 1. The van der Waals surface area contributed by atoms with Crippen LogP contribution in [0.5, 0.6) is 0 Å². The van der Waals surface area contributed by atoms with Crippen LogP contribution in [0.25, 0.3) is 20.9 Å². The molecule has 100 valence electrons. The Morgan fingerprint density at radius 3 is 1.68 bits per heavy atom. The fourth-order valence-corrected chi connectivity index (χ4v) is 2.67. The van der Waals surface area contributed by atoms with E-state index in [1.54, 1.807) is 0 Å². The summed E-state index contributed by atoms with van der Waals surface area (Å²) in [6.45, 7) is 7.39. The van der Waals surface area contributed by atoms with Crippen molar-refractivity contribution >= 4 is 0 Å². The highest BCUT2D eigenvalue weighted by Gasteiger charge is 2.41. The smallest absolute Gasteiger partial charge is 0.0506 e. The first-order valence-electron chi connectivity index (χ1n) is 6.02. The molecule has 19 heavy (non-hydrogen) atoms. The summed E-state index contributed by atoms with van der Waals surface area (Å²) in [7, 11) is 0. The maximum Gasteiger partial charge on any atom is 0.0506 e. The zero-order valence-electron chi connectivity index (χ0n) is 11.6. The molecule has 0 aromatic heterocycles. The van der Waals surface area contributed by atoms with Gasteiger partial charge in [0.1, 0.15) is 0 Å². The number of azide groups is 2. The van der Waals surface area contributed by atoms with E-state index in [-0.39, 0.29) is 5.92 Å². The minimum Gasteiger partial charge on any atom is -0.0872 e. The first-order valence-corrected chi connectivity index (χ1v) is 6.02. The highest BCUT2D eigenvalue weighted by atomic mass is 15.2. The van der Waals surface area contributed by atoms with Gasteiger partial charge >= 0.3 is 0 Å². The van der Waals surface area contributed by atoms with Crippen LogP contribution in [-0.4, -0.2) is 11.1 Å². The normalized spacial score (nSPS) is 13.1. The Hall–Kier alpha value is -2.16. The van der Waals surface area contributed by atoms with Crippen molar-refractivity contribution in [3.8, 4) is 0 Å². The van der Waals surface area contributed by atoms with Crippen LogP contribution in [0.1, 0.15) is 39.2 Å². The van der Waals surface area contributed by atoms with Gasteiger partial charge in [-0.1, -0.05) is 68.3 Å². The Morgan fingerprint density at radius 2 is 1.32 bits per heavy atom. The topological polar surface area (TPSA) is 97.5 Å². The van der Waals surface area contributed by atoms with Crippen LogP contribution in [0, 0.1) is 0 Å². The number of hydrogen-bond donors (Lipinski definition) is 0. The molecule has 0 atom stereocenters. The summed E-state index contributed by atoms with van der Waals surface area (Å²) in [5, 5.41) is 7.76. The Bertz CT molecular complexity index is 491. The summed E-state index contributed by atoms with van der Waals surface area (Å²) < 4.78 is 0. The second-order valence-corrected chi connectivity index (χ2v) is 5.53. The van der Waals surface area contributed by atoms with E-state index in [4.69, 9.17) is 11.1 Å². The Labute approximate surface area is 112 Å². The van der Waals surface area contributed by atoms with Crippen LogP contribution in [0.2, 0.25) is 0 Å². The highest BCUT2D eigenvalue weighted by Crippen LogP contribution is 2.42. The van der Waals surface area contributed by atoms with E-state index < -0.39 is 11.1 Å². The molecule has 0 fully saturated rings. The fraction of sp³-hybridized carbons (Fsp3) is 0.538. The number of nitrogens with zero attached hydrogens (tertiary/aromatic N) is 6. The molecule has 6 heteroatoms. The molecule has 0 unspecified atom stereocenters. The van der Waals surface area contributed by atoms with Crippen molar-refractivity contribution in [3.63, 3.8) is 0 Å². The van der Waals surface area contributed by atoms with Gasteiger partial charge in [0.25, 0.3) is 0 Å². The predicted molar refractivity (Wildman–Crippen MR) is 75.6 cm³/mol. The van der Waals surface area contributed by atoms with E-state index in [2.05, 4.69) is 20.1 Å². The molecule has 1 aromatic rings. The third-order valence-corrected chi connectivity index (χ3v) is 3.15. The van der Waals surface area contributed by atoms with Gasteiger partial charge in [0.2, 0.25) is 0 Å². The third kappa shape index (κ3) is 3.41. The van der Waals surface area contributed by atoms with Crippen molar-refractivity contribution in [2.24, 2.45) is 10.2 Å². The second-order valence-electron chi connectivity index (χ2n) is 5.53. The van der Waals surface area contributed by atoms with Gasteiger partial charge in [-0.2, -0.15) is 0 Å². The monoisotopic (exact) mass is 258 g/mol. The molecule has 1 rings (SSSR count). The van der Waals surface area contributed by atoms with Crippen molar-refractivity contribution < 1.29 is 0 Å². The lowest BCUT2D eigenvalue weighted by atomic mass is 9.71. The van der Waals surface area contributed by atoms with Gasteiger partial charge in [-0.15, -0.1) is 0 Å². The van der Waals surface area contributed by atoms with Crippen LogP contribution in [0.3, 0.4) is 0 Å². The molecule has 0 aliphatic heterocycles. The van der Waals surface area contributed by atoms with Crippen LogP contribution in [0.4, 0.5) is 0 Å². The average molecular weight is 258 g/mol. The van der Waals surface area contributed by atoms with Crippen molar-refractivity contribution in [2.45, 2.75) is 44.7 Å². The SMILES string of the molecule is CC(C)(N=[N+]=[N-])C(c1ccccc1)C(C)(C)N=[N+]=[N-]. The van der Waals surface area contributed by atoms with Crippen molar-refractivity contribution in [1.29, 1.82) is 0 Å². The summed E-state index contributed by atoms with van der Waals surface area (Å²) in [5.74, 6) is -0.215. The van der Waals surface area contributed by atoms with E-state index in [1.165, 1.54) is 0 Å². The summed E-state index contributed by atoms with van der Waals surface area (Å²) in [5.41, 5.74) is 17.1. The molecule has 0 radical (unpaired) electrons. The molecule has 6 nitrogen and oxygen atoms in total. The predicted octanol–water partition coefficient (Wildman–Crippen LogP) is 4.95. The Kier molecular flexibility index (Phi) is 4.43. The van der Waals surface area contributed by atoms with E-state index in [0.717, 1.165) is 5.56 Å². The molecule has 0 heterocycles. The molecule has 0 aliphatic rings. The zero-order valence-corrected chi connectivity index (χ0v) is 11.6. The summed E-state index contributed by atoms with van der Waals surface area (Å²) in [6.07, 6.45) is 0. The molecule has 0 aliphatic carbocycles. The molecular weight excluding hydrogens is 240 g/mol. The van der Waals surface area contributed by atoms with Gasteiger partial charge < -0.3 is 0 Å². The standard InChI is InChI=1S/C13H18N6/c1-12(2,16-18-14)11(13(3,4)17-19-15)10-8-6-5-7-9-10/h5-9,11H,1-4H3. The molecular formula is C13H18N6. The summed E-state index contributed by atoms with van der Waals surface area (Å²) in [6, 6.07) is 9.66. The van der Waals surface area contributed by atoms with E-state index in [9.17, 15) is 0 Å². The molecule has 0 bridgehead atoms. The van der Waals surface area contributed by atoms with E-state index >= 15 is 0 Å². The third-order valence-electron chi connectivity index (χ3n) is 3.15. The second kappa shape index (κ2) is 5.65. The van der Waals surface area contributed by atoms with Crippen LogP contribution < -0.4 is 0 Å². The number of hydrogen-bond acceptors (Lipinski definition) is 2. The molecule has 0 saturated heterocycles. The number of rotatable bonds is 5. The minimum absolute atomic E-state index is 0.215. The molecule has 1 aromatic carbocycles. The van der Waals surface area contributed by atoms with Crippen LogP contribution >= 0.6 is 0 Å². The largest absolute Gasteiger partial charge is 0.0872 e. The Balaban J connectivity index is 3.43. The molecule has 0 N–H and O–H groups in total. The lowest BCUT2D eigenvalue weighted by Crippen LogP contribution is -2.40. The first-order chi connectivity index (χ1) is 8.85. The van der Waals surface area contributed by atoms with Gasteiger partial charge in [-0.3, -0.25) is 0 Å². The summed E-state index contributed by atoms with van der Waals surface area (Å²) >= 11 is 0. The molecule has 0 amide bonds. The van der Waals surface area contributed by atoms with Crippen molar-refractivity contribution in [3.05, 3.63) is 56.8 Å². The van der Waals surface area contributed by atoms with Crippen LogP contribution in [-0.2, 0) is 0 Å². The van der Waals surface area contributed by atoms with Gasteiger partial charge in [0.15, 0.2) is 0 Å². The van der Waals surface area contributed by atoms with Crippen molar-refractivity contribution in [1.82, 2.24) is 0 Å². The van der Waals surface area contributed by atoms with Gasteiger partial charge in [-0.25, -0.2) is 0 Å². The fourth-order valence-electron chi connectivity index (χ4n) is 2.67. The maximum atomic E-state index is 8.75. The molecule has 0 saturated carbocycles. The Morgan fingerprint density at radius 1 is 0.895 bits per heavy atom. The van der Waals surface area contributed by atoms with Gasteiger partial charge in [-0.05, 0) is 16.6 Å². The van der Waals surface area contributed by atoms with Crippen molar-refractivity contribution in [2.75, 3.05) is 0 Å².